The van der Waals surface area contributed by atoms with Crippen LogP contribution in [0.3, 0.4) is 0 Å². The van der Waals surface area contributed by atoms with Crippen molar-refractivity contribution < 1.29 is 4.79 Å². The van der Waals surface area contributed by atoms with E-state index in [0.717, 1.165) is 36.6 Å². The van der Waals surface area contributed by atoms with Crippen LogP contribution in [0.15, 0.2) is 24.3 Å². The summed E-state index contributed by atoms with van der Waals surface area (Å²) in [4.78, 5) is 12.8. The Morgan fingerprint density at radius 1 is 1.17 bits per heavy atom. The van der Waals surface area contributed by atoms with Crippen LogP contribution in [0.1, 0.15) is 55.0 Å². The van der Waals surface area contributed by atoms with Crippen LogP contribution in [0.4, 0.5) is 5.69 Å². The lowest BCUT2D eigenvalue weighted by atomic mass is 10.1. The van der Waals surface area contributed by atoms with Gasteiger partial charge in [-0.3, -0.25) is 9.48 Å². The van der Waals surface area contributed by atoms with Gasteiger partial charge in [-0.15, -0.1) is 10.2 Å². The zero-order valence-corrected chi connectivity index (χ0v) is 18.4. The second-order valence-electron chi connectivity index (χ2n) is 8.26. The van der Waals surface area contributed by atoms with Gasteiger partial charge in [-0.05, 0) is 49.9 Å². The van der Waals surface area contributed by atoms with Crippen molar-refractivity contribution in [3.63, 3.8) is 0 Å². The molecule has 1 amide bonds. The number of benzene rings is 1. The Morgan fingerprint density at radius 2 is 1.93 bits per heavy atom. The first-order valence-electron chi connectivity index (χ1n) is 10.5. The van der Waals surface area contributed by atoms with E-state index in [9.17, 15) is 4.79 Å². The van der Waals surface area contributed by atoms with Gasteiger partial charge in [0.2, 0.25) is 0 Å². The number of nitrogens with one attached hydrogen (secondary N) is 1. The first-order valence-corrected chi connectivity index (χ1v) is 10.9. The monoisotopic (exact) mass is 426 g/mol. The Kier molecular flexibility index (Phi) is 5.90. The number of hydrogen-bond donors (Lipinski definition) is 1. The molecule has 0 aliphatic carbocycles. The van der Waals surface area contributed by atoms with Crippen LogP contribution in [-0.2, 0) is 19.5 Å². The van der Waals surface area contributed by atoms with Crippen LogP contribution in [0, 0.1) is 12.8 Å². The largest absolute Gasteiger partial charge is 0.322 e. The standard InChI is InChI=1S/C22H27ClN6O/c1-14(2)13-29-20(23)19(15(3)27-29)22(30)24-17-10-8-16(9-11-17)21-26-25-18-7-5-4-6-12-28(18)21/h8-11,14H,4-7,12-13H2,1-3H3,(H,24,30). The summed E-state index contributed by atoms with van der Waals surface area (Å²) >= 11 is 6.43. The van der Waals surface area contributed by atoms with Gasteiger partial charge in [0.25, 0.3) is 5.91 Å². The number of rotatable bonds is 5. The Bertz CT molecular complexity index is 1050. The molecule has 4 rings (SSSR count). The summed E-state index contributed by atoms with van der Waals surface area (Å²) in [5.41, 5.74) is 2.74. The van der Waals surface area contributed by atoms with E-state index in [0.29, 0.717) is 34.6 Å². The molecule has 0 saturated heterocycles. The van der Waals surface area contributed by atoms with E-state index < -0.39 is 0 Å². The molecule has 1 aliphatic heterocycles. The fourth-order valence-electron chi connectivity index (χ4n) is 3.87. The van der Waals surface area contributed by atoms with Crippen LogP contribution in [0.25, 0.3) is 11.4 Å². The molecule has 1 aromatic carbocycles. The van der Waals surface area contributed by atoms with Crippen molar-refractivity contribution in [3.8, 4) is 11.4 Å². The van der Waals surface area contributed by atoms with E-state index >= 15 is 0 Å². The number of aryl methyl sites for hydroxylation is 2. The number of amides is 1. The van der Waals surface area contributed by atoms with Gasteiger partial charge in [0.1, 0.15) is 11.0 Å². The molecule has 0 spiro atoms. The van der Waals surface area contributed by atoms with Crippen molar-refractivity contribution in [1.29, 1.82) is 0 Å². The van der Waals surface area contributed by atoms with Crippen molar-refractivity contribution in [2.75, 3.05) is 5.32 Å². The summed E-state index contributed by atoms with van der Waals surface area (Å²) in [6.07, 6.45) is 4.52. The lowest BCUT2D eigenvalue weighted by molar-refractivity contribution is 0.102. The summed E-state index contributed by atoms with van der Waals surface area (Å²) in [5, 5.41) is 16.5. The molecule has 3 aromatic rings. The number of halogens is 1. The lowest BCUT2D eigenvalue weighted by Gasteiger charge is -2.09. The van der Waals surface area contributed by atoms with Gasteiger partial charge in [0, 0.05) is 30.8 Å². The molecule has 0 fully saturated rings. The maximum absolute atomic E-state index is 12.8. The molecule has 2 aromatic heterocycles. The summed E-state index contributed by atoms with van der Waals surface area (Å²) in [6, 6.07) is 7.70. The predicted molar refractivity (Wildman–Crippen MR) is 118 cm³/mol. The van der Waals surface area contributed by atoms with E-state index in [4.69, 9.17) is 11.6 Å². The first kappa shape index (κ1) is 20.6. The van der Waals surface area contributed by atoms with E-state index in [1.165, 1.54) is 12.8 Å². The average molecular weight is 427 g/mol. The Balaban J connectivity index is 1.51. The third-order valence-corrected chi connectivity index (χ3v) is 5.73. The van der Waals surface area contributed by atoms with Crippen LogP contribution >= 0.6 is 11.6 Å². The van der Waals surface area contributed by atoms with Crippen molar-refractivity contribution in [1.82, 2.24) is 24.5 Å². The molecule has 0 bridgehead atoms. The zero-order valence-electron chi connectivity index (χ0n) is 17.7. The Hall–Kier alpha value is -2.67. The van der Waals surface area contributed by atoms with Crippen LogP contribution in [0.5, 0.6) is 0 Å². The minimum atomic E-state index is -0.253. The summed E-state index contributed by atoms with van der Waals surface area (Å²) in [6.45, 7) is 7.60. The van der Waals surface area contributed by atoms with Crippen molar-refractivity contribution in [2.45, 2.75) is 59.5 Å². The maximum Gasteiger partial charge on any atom is 0.260 e. The van der Waals surface area contributed by atoms with Gasteiger partial charge >= 0.3 is 0 Å². The number of carbonyl (C=O) groups is 1. The topological polar surface area (TPSA) is 77.6 Å². The van der Waals surface area contributed by atoms with E-state index in [1.807, 2.05) is 24.3 Å². The van der Waals surface area contributed by atoms with Gasteiger partial charge in [0.15, 0.2) is 5.82 Å². The van der Waals surface area contributed by atoms with Crippen LogP contribution in [0.2, 0.25) is 5.15 Å². The fourth-order valence-corrected chi connectivity index (χ4v) is 4.20. The minimum Gasteiger partial charge on any atom is -0.322 e. The minimum absolute atomic E-state index is 0.253. The summed E-state index contributed by atoms with van der Waals surface area (Å²) in [7, 11) is 0. The van der Waals surface area contributed by atoms with Gasteiger partial charge < -0.3 is 9.88 Å². The number of aromatic nitrogens is 5. The lowest BCUT2D eigenvalue weighted by Crippen LogP contribution is -2.13. The molecule has 0 unspecified atom stereocenters. The molecular weight excluding hydrogens is 400 g/mol. The molecule has 1 N–H and O–H groups in total. The van der Waals surface area contributed by atoms with Crippen LogP contribution in [-0.4, -0.2) is 30.5 Å². The summed E-state index contributed by atoms with van der Waals surface area (Å²) < 4.78 is 3.91. The van der Waals surface area contributed by atoms with E-state index in [1.54, 1.807) is 11.6 Å². The number of hydrogen-bond acceptors (Lipinski definition) is 4. The number of carbonyl (C=O) groups excluding carboxylic acids is 1. The van der Waals surface area contributed by atoms with Crippen molar-refractivity contribution in [2.24, 2.45) is 5.92 Å². The van der Waals surface area contributed by atoms with Crippen LogP contribution < -0.4 is 5.32 Å². The zero-order chi connectivity index (χ0) is 21.3. The second kappa shape index (κ2) is 8.60. The molecule has 0 atom stereocenters. The third kappa shape index (κ3) is 4.12. The first-order chi connectivity index (χ1) is 14.4. The van der Waals surface area contributed by atoms with Crippen molar-refractivity contribution >= 4 is 23.2 Å². The van der Waals surface area contributed by atoms with Gasteiger partial charge in [-0.25, -0.2) is 0 Å². The van der Waals surface area contributed by atoms with Gasteiger partial charge in [0.05, 0.1) is 11.3 Å². The Labute approximate surface area is 181 Å². The molecule has 158 valence electrons. The highest BCUT2D eigenvalue weighted by Crippen LogP contribution is 2.25. The molecule has 1 aliphatic rings. The van der Waals surface area contributed by atoms with E-state index in [-0.39, 0.29) is 5.91 Å². The molecule has 3 heterocycles. The maximum atomic E-state index is 12.8. The number of nitrogens with zero attached hydrogens (tertiary/aromatic N) is 5. The quantitative estimate of drug-likeness (QED) is 0.639. The van der Waals surface area contributed by atoms with Gasteiger partial charge in [-0.2, -0.15) is 5.10 Å². The molecule has 0 saturated carbocycles. The normalized spacial score (nSPS) is 13.9. The SMILES string of the molecule is Cc1nn(CC(C)C)c(Cl)c1C(=O)Nc1ccc(-c2nnc3n2CCCCC3)cc1. The predicted octanol–water partition coefficient (Wildman–Crippen LogP) is 4.74. The molecular formula is C22H27ClN6O. The fraction of sp³-hybridized carbons (Fsp3) is 0.455. The molecule has 8 heteroatoms. The molecule has 0 radical (unpaired) electrons. The molecule has 30 heavy (non-hydrogen) atoms. The second-order valence-corrected chi connectivity index (χ2v) is 8.62. The highest BCUT2D eigenvalue weighted by Gasteiger charge is 2.21. The highest BCUT2D eigenvalue weighted by atomic mass is 35.5. The van der Waals surface area contributed by atoms with Crippen molar-refractivity contribution in [3.05, 3.63) is 46.5 Å². The summed E-state index contributed by atoms with van der Waals surface area (Å²) in [5.74, 6) is 2.08. The Morgan fingerprint density at radius 3 is 2.67 bits per heavy atom. The molecule has 7 nitrogen and oxygen atoms in total. The smallest absolute Gasteiger partial charge is 0.260 e. The third-order valence-electron chi connectivity index (χ3n) is 5.34. The van der Waals surface area contributed by atoms with E-state index in [2.05, 4.69) is 39.0 Å². The number of anilines is 1. The average Bonchev–Trinajstić information content (AvgIpc) is 3.12. The number of fused-ring (bicyclic) bond motifs is 1. The highest BCUT2D eigenvalue weighted by molar-refractivity contribution is 6.33. The van der Waals surface area contributed by atoms with Gasteiger partial charge in [-0.1, -0.05) is 31.9 Å².